The third-order valence-electron chi connectivity index (χ3n) is 4.51. The number of amides is 1. The van der Waals surface area contributed by atoms with Gasteiger partial charge in [-0.25, -0.2) is 8.78 Å². The number of alkyl halides is 1. The van der Waals surface area contributed by atoms with Crippen LogP contribution in [0.4, 0.5) is 14.5 Å². The Labute approximate surface area is 150 Å². The van der Waals surface area contributed by atoms with Gasteiger partial charge < -0.3 is 5.32 Å². The second-order valence-corrected chi connectivity index (χ2v) is 6.23. The fraction of sp³-hybridized carbons (Fsp3) is 0.238. The van der Waals surface area contributed by atoms with Crippen LogP contribution in [0.3, 0.4) is 0 Å². The lowest BCUT2D eigenvalue weighted by molar-refractivity contribution is -0.113. The fourth-order valence-corrected chi connectivity index (χ4v) is 3.13. The Balaban J connectivity index is 1.79. The van der Waals surface area contributed by atoms with Crippen molar-refractivity contribution in [2.75, 3.05) is 5.32 Å². The predicted octanol–water partition coefficient (Wildman–Crippen LogP) is 4.84. The molecular formula is C21H19F2NO2. The number of anilines is 1. The summed E-state index contributed by atoms with van der Waals surface area (Å²) in [6, 6.07) is 6.93. The van der Waals surface area contributed by atoms with Gasteiger partial charge in [0, 0.05) is 12.1 Å². The summed E-state index contributed by atoms with van der Waals surface area (Å²) in [7, 11) is 0. The molecule has 1 unspecified atom stereocenters. The molecule has 0 radical (unpaired) electrons. The lowest BCUT2D eigenvalue weighted by Gasteiger charge is -2.15. The summed E-state index contributed by atoms with van der Waals surface area (Å²) in [5.74, 6) is -1.62. The Hall–Kier alpha value is -2.82. The molecule has 3 nitrogen and oxygen atoms in total. The summed E-state index contributed by atoms with van der Waals surface area (Å²) < 4.78 is 27.5. The van der Waals surface area contributed by atoms with E-state index in [0.29, 0.717) is 18.5 Å². The van der Waals surface area contributed by atoms with Crippen LogP contribution in [0, 0.1) is 0 Å². The van der Waals surface area contributed by atoms with Crippen LogP contribution in [0.2, 0.25) is 0 Å². The first kappa shape index (κ1) is 18.0. The number of carbonyl (C=O) groups is 2. The van der Waals surface area contributed by atoms with Crippen molar-refractivity contribution in [1.82, 2.24) is 0 Å². The molecule has 1 amide bonds. The maximum absolute atomic E-state index is 13.8. The van der Waals surface area contributed by atoms with E-state index >= 15 is 0 Å². The average molecular weight is 355 g/mol. The van der Waals surface area contributed by atoms with Gasteiger partial charge in [-0.05, 0) is 54.2 Å². The highest BCUT2D eigenvalue weighted by molar-refractivity contribution is 6.05. The zero-order chi connectivity index (χ0) is 18.5. The van der Waals surface area contributed by atoms with Gasteiger partial charge in [-0.3, -0.25) is 9.59 Å². The van der Waals surface area contributed by atoms with E-state index in [4.69, 9.17) is 0 Å². The number of allylic oxidation sites excluding steroid dienone is 7. The standard InChI is InChI=1S/C21H19F2NO2/c22-18-7-4-8-19(23)20(18)21(26)24-16-11-9-14(10-12-16)17-6-3-1-2-5-15(17)13-25/h1,3-4,7,9-13,19H,2,5-6,8H2,(H,24,26). The van der Waals surface area contributed by atoms with Crippen LogP contribution in [0.1, 0.15) is 31.2 Å². The Morgan fingerprint density at radius 3 is 2.62 bits per heavy atom. The van der Waals surface area contributed by atoms with Crippen molar-refractivity contribution in [2.24, 2.45) is 0 Å². The molecule has 2 aliphatic rings. The summed E-state index contributed by atoms with van der Waals surface area (Å²) in [5.41, 5.74) is 2.59. The van der Waals surface area contributed by atoms with Crippen LogP contribution in [0.25, 0.3) is 5.57 Å². The summed E-state index contributed by atoms with van der Waals surface area (Å²) in [5, 5.41) is 2.53. The SMILES string of the molecule is O=CC1=C(c2ccc(NC(=O)C3=C(F)C=CCC3F)cc2)CC=CCC1. The zero-order valence-corrected chi connectivity index (χ0v) is 14.2. The molecule has 0 fully saturated rings. The van der Waals surface area contributed by atoms with Crippen LogP contribution >= 0.6 is 0 Å². The number of rotatable bonds is 4. The second-order valence-electron chi connectivity index (χ2n) is 6.23. The van der Waals surface area contributed by atoms with Crippen molar-refractivity contribution in [3.63, 3.8) is 0 Å². The minimum absolute atomic E-state index is 0.00867. The Bertz CT molecular complexity index is 832. The first-order chi connectivity index (χ1) is 12.6. The molecule has 5 heteroatoms. The van der Waals surface area contributed by atoms with Crippen LogP contribution in [0.15, 0.2) is 65.5 Å². The quantitative estimate of drug-likeness (QED) is 0.620. The number of halogens is 2. The van der Waals surface area contributed by atoms with E-state index < -0.39 is 23.5 Å². The first-order valence-corrected chi connectivity index (χ1v) is 8.54. The molecule has 1 aromatic rings. The molecule has 0 saturated carbocycles. The number of hydrogen-bond acceptors (Lipinski definition) is 2. The summed E-state index contributed by atoms with van der Waals surface area (Å²) in [6.07, 6.45) is 8.03. The number of carbonyl (C=O) groups excluding carboxylic acids is 2. The van der Waals surface area contributed by atoms with Gasteiger partial charge in [-0.1, -0.05) is 30.4 Å². The van der Waals surface area contributed by atoms with E-state index in [9.17, 15) is 18.4 Å². The minimum Gasteiger partial charge on any atom is -0.322 e. The molecule has 1 atom stereocenters. The van der Waals surface area contributed by atoms with Crippen molar-refractivity contribution in [3.05, 3.63) is 71.1 Å². The van der Waals surface area contributed by atoms with Gasteiger partial charge in [-0.15, -0.1) is 0 Å². The van der Waals surface area contributed by atoms with Gasteiger partial charge in [0.05, 0.1) is 5.57 Å². The van der Waals surface area contributed by atoms with Crippen molar-refractivity contribution < 1.29 is 18.4 Å². The fourth-order valence-electron chi connectivity index (χ4n) is 3.13. The van der Waals surface area contributed by atoms with E-state index in [1.165, 1.54) is 6.08 Å². The molecule has 3 rings (SSSR count). The molecule has 0 bridgehead atoms. The van der Waals surface area contributed by atoms with Gasteiger partial charge in [0.1, 0.15) is 18.3 Å². The largest absolute Gasteiger partial charge is 0.322 e. The van der Waals surface area contributed by atoms with Gasteiger partial charge in [0.2, 0.25) is 0 Å². The van der Waals surface area contributed by atoms with E-state index in [2.05, 4.69) is 11.4 Å². The van der Waals surface area contributed by atoms with Gasteiger partial charge >= 0.3 is 0 Å². The molecular weight excluding hydrogens is 336 g/mol. The van der Waals surface area contributed by atoms with E-state index in [1.54, 1.807) is 24.3 Å². The summed E-state index contributed by atoms with van der Waals surface area (Å²) in [6.45, 7) is 0. The molecule has 0 aromatic heterocycles. The first-order valence-electron chi connectivity index (χ1n) is 8.54. The molecule has 1 aromatic carbocycles. The third-order valence-corrected chi connectivity index (χ3v) is 4.51. The second kappa shape index (κ2) is 8.04. The van der Waals surface area contributed by atoms with Crippen LogP contribution in [-0.2, 0) is 9.59 Å². The van der Waals surface area contributed by atoms with Gasteiger partial charge in [0.25, 0.3) is 5.91 Å². The van der Waals surface area contributed by atoms with Crippen molar-refractivity contribution in [2.45, 2.75) is 31.9 Å². The lowest BCUT2D eigenvalue weighted by atomic mass is 9.96. The van der Waals surface area contributed by atoms with Gasteiger partial charge in [0.15, 0.2) is 0 Å². The number of benzene rings is 1. The highest BCUT2D eigenvalue weighted by atomic mass is 19.1. The Kier molecular flexibility index (Phi) is 5.56. The molecule has 1 N–H and O–H groups in total. The number of nitrogens with one attached hydrogen (secondary N) is 1. The molecule has 0 heterocycles. The summed E-state index contributed by atoms with van der Waals surface area (Å²) in [4.78, 5) is 23.5. The van der Waals surface area contributed by atoms with Crippen molar-refractivity contribution in [3.8, 4) is 0 Å². The number of aldehydes is 1. The highest BCUT2D eigenvalue weighted by Crippen LogP contribution is 2.29. The maximum atomic E-state index is 13.8. The lowest BCUT2D eigenvalue weighted by Crippen LogP contribution is -2.23. The molecule has 0 aliphatic heterocycles. The smallest absolute Gasteiger partial charge is 0.257 e. The Morgan fingerprint density at radius 2 is 1.92 bits per heavy atom. The van der Waals surface area contributed by atoms with Crippen LogP contribution in [-0.4, -0.2) is 18.4 Å². The maximum Gasteiger partial charge on any atom is 0.257 e. The summed E-state index contributed by atoms with van der Waals surface area (Å²) >= 11 is 0. The third kappa shape index (κ3) is 3.87. The normalized spacial score (nSPS) is 20.2. The molecule has 0 spiro atoms. The highest BCUT2D eigenvalue weighted by Gasteiger charge is 2.26. The molecule has 0 saturated heterocycles. The Morgan fingerprint density at radius 1 is 1.15 bits per heavy atom. The molecule has 134 valence electrons. The van der Waals surface area contributed by atoms with Crippen molar-refractivity contribution in [1.29, 1.82) is 0 Å². The topological polar surface area (TPSA) is 46.2 Å². The number of hydrogen-bond donors (Lipinski definition) is 1. The minimum atomic E-state index is -1.64. The molecule has 26 heavy (non-hydrogen) atoms. The van der Waals surface area contributed by atoms with E-state index in [-0.39, 0.29) is 6.42 Å². The zero-order valence-electron chi connectivity index (χ0n) is 14.2. The van der Waals surface area contributed by atoms with Crippen molar-refractivity contribution >= 4 is 23.5 Å². The monoisotopic (exact) mass is 355 g/mol. The van der Waals surface area contributed by atoms with Crippen LogP contribution in [0.5, 0.6) is 0 Å². The van der Waals surface area contributed by atoms with Crippen LogP contribution < -0.4 is 5.32 Å². The average Bonchev–Trinajstić information content (AvgIpc) is 2.87. The molecule has 2 aliphatic carbocycles. The van der Waals surface area contributed by atoms with E-state index in [0.717, 1.165) is 35.5 Å². The van der Waals surface area contributed by atoms with Gasteiger partial charge in [-0.2, -0.15) is 0 Å². The van der Waals surface area contributed by atoms with E-state index in [1.807, 2.05) is 6.08 Å². The predicted molar refractivity (Wildman–Crippen MR) is 97.8 cm³/mol.